The van der Waals surface area contributed by atoms with Gasteiger partial charge in [-0.3, -0.25) is 9.69 Å². The molecule has 0 amide bonds. The maximum Gasteiger partial charge on any atom is 0.150 e. The standard InChI is InChI=1S/C16H21NO/c1-2-13-10-15-16(18)9-8-14(13)17(15)11-12-6-4-3-5-7-12/h3-7,13-15H,2,8-11H2,1H3/t13-,14-,15-/m1/s1. The number of carbonyl (C=O) groups is 1. The highest BCUT2D eigenvalue weighted by molar-refractivity contribution is 5.85. The van der Waals surface area contributed by atoms with Crippen LogP contribution in [0.2, 0.25) is 0 Å². The van der Waals surface area contributed by atoms with E-state index < -0.39 is 0 Å². The van der Waals surface area contributed by atoms with Crippen molar-refractivity contribution >= 4 is 5.78 Å². The number of piperidine rings is 1. The first-order valence-corrected chi connectivity index (χ1v) is 7.12. The molecular weight excluding hydrogens is 222 g/mol. The van der Waals surface area contributed by atoms with E-state index in [1.54, 1.807) is 0 Å². The smallest absolute Gasteiger partial charge is 0.150 e. The maximum absolute atomic E-state index is 12.1. The summed E-state index contributed by atoms with van der Waals surface area (Å²) in [5.74, 6) is 1.20. The highest BCUT2D eigenvalue weighted by Gasteiger charge is 2.46. The average Bonchev–Trinajstić information content (AvgIpc) is 2.65. The molecule has 0 spiro atoms. The van der Waals surface area contributed by atoms with E-state index in [0.717, 1.165) is 31.7 Å². The van der Waals surface area contributed by atoms with Crippen molar-refractivity contribution in [1.82, 2.24) is 4.90 Å². The van der Waals surface area contributed by atoms with Gasteiger partial charge in [-0.1, -0.05) is 43.7 Å². The van der Waals surface area contributed by atoms with Gasteiger partial charge in [0.25, 0.3) is 0 Å². The van der Waals surface area contributed by atoms with Crippen molar-refractivity contribution in [3.63, 3.8) is 0 Å². The van der Waals surface area contributed by atoms with Gasteiger partial charge in [-0.15, -0.1) is 0 Å². The van der Waals surface area contributed by atoms with Crippen LogP contribution in [-0.4, -0.2) is 22.8 Å². The number of Topliss-reactive ketones (excluding diaryl/α,β-unsaturated/α-hetero) is 1. The van der Waals surface area contributed by atoms with Gasteiger partial charge < -0.3 is 0 Å². The Labute approximate surface area is 109 Å². The molecule has 2 bridgehead atoms. The van der Waals surface area contributed by atoms with Gasteiger partial charge in [-0.05, 0) is 24.3 Å². The molecule has 0 radical (unpaired) electrons. The fraction of sp³-hybridized carbons (Fsp3) is 0.562. The minimum atomic E-state index is 0.203. The Kier molecular flexibility index (Phi) is 3.21. The number of benzene rings is 1. The van der Waals surface area contributed by atoms with Crippen molar-refractivity contribution in [1.29, 1.82) is 0 Å². The first-order valence-electron chi connectivity index (χ1n) is 7.12. The van der Waals surface area contributed by atoms with E-state index in [4.69, 9.17) is 0 Å². The molecule has 96 valence electrons. The monoisotopic (exact) mass is 243 g/mol. The number of fused-ring (bicyclic) bond motifs is 2. The van der Waals surface area contributed by atoms with Crippen molar-refractivity contribution < 1.29 is 4.79 Å². The van der Waals surface area contributed by atoms with Crippen molar-refractivity contribution in [3.05, 3.63) is 35.9 Å². The Bertz CT molecular complexity index is 428. The molecule has 2 heterocycles. The van der Waals surface area contributed by atoms with E-state index in [9.17, 15) is 4.79 Å². The lowest BCUT2D eigenvalue weighted by atomic mass is 9.95. The number of ketones is 1. The lowest BCUT2D eigenvalue weighted by Crippen LogP contribution is -2.45. The van der Waals surface area contributed by atoms with Crippen LogP contribution in [0.5, 0.6) is 0 Å². The van der Waals surface area contributed by atoms with Gasteiger partial charge in [-0.25, -0.2) is 0 Å². The summed E-state index contributed by atoms with van der Waals surface area (Å²) in [6.45, 7) is 3.20. The highest BCUT2D eigenvalue weighted by atomic mass is 16.1. The molecule has 18 heavy (non-hydrogen) atoms. The van der Waals surface area contributed by atoms with Gasteiger partial charge in [0, 0.05) is 19.0 Å². The second-order valence-electron chi connectivity index (χ2n) is 5.65. The normalized spacial score (nSPS) is 31.8. The van der Waals surface area contributed by atoms with Gasteiger partial charge >= 0.3 is 0 Å². The van der Waals surface area contributed by atoms with Crippen LogP contribution in [0.25, 0.3) is 0 Å². The third kappa shape index (κ3) is 1.99. The van der Waals surface area contributed by atoms with E-state index >= 15 is 0 Å². The van der Waals surface area contributed by atoms with Crippen molar-refractivity contribution in [2.45, 2.75) is 51.2 Å². The predicted octanol–water partition coefficient (Wildman–Crippen LogP) is 3.02. The van der Waals surface area contributed by atoms with Crippen LogP contribution in [0.15, 0.2) is 30.3 Å². The summed E-state index contributed by atoms with van der Waals surface area (Å²) < 4.78 is 0. The number of hydrogen-bond acceptors (Lipinski definition) is 2. The molecule has 0 unspecified atom stereocenters. The largest absolute Gasteiger partial charge is 0.298 e. The number of nitrogens with zero attached hydrogens (tertiary/aromatic N) is 1. The Morgan fingerprint density at radius 2 is 2.06 bits per heavy atom. The minimum Gasteiger partial charge on any atom is -0.298 e. The summed E-state index contributed by atoms with van der Waals surface area (Å²) in [6.07, 6.45) is 4.17. The number of rotatable bonds is 3. The molecule has 0 N–H and O–H groups in total. The summed E-state index contributed by atoms with van der Waals surface area (Å²) in [5.41, 5.74) is 1.33. The van der Waals surface area contributed by atoms with E-state index in [1.165, 1.54) is 12.0 Å². The van der Waals surface area contributed by atoms with Crippen LogP contribution in [0.3, 0.4) is 0 Å². The van der Waals surface area contributed by atoms with Gasteiger partial charge in [0.2, 0.25) is 0 Å². The molecule has 1 aromatic rings. The van der Waals surface area contributed by atoms with Crippen LogP contribution in [0.1, 0.15) is 38.2 Å². The molecule has 0 saturated carbocycles. The number of carbonyl (C=O) groups excluding carboxylic acids is 1. The Balaban J connectivity index is 1.81. The Morgan fingerprint density at radius 1 is 1.28 bits per heavy atom. The van der Waals surface area contributed by atoms with Gasteiger partial charge in [-0.2, -0.15) is 0 Å². The summed E-state index contributed by atoms with van der Waals surface area (Å²) in [5, 5.41) is 0. The molecule has 3 rings (SSSR count). The van der Waals surface area contributed by atoms with Crippen LogP contribution >= 0.6 is 0 Å². The fourth-order valence-corrected chi connectivity index (χ4v) is 3.72. The Morgan fingerprint density at radius 3 is 2.78 bits per heavy atom. The maximum atomic E-state index is 12.1. The summed E-state index contributed by atoms with van der Waals surface area (Å²) in [4.78, 5) is 14.5. The Hall–Kier alpha value is -1.15. The van der Waals surface area contributed by atoms with Gasteiger partial charge in [0.15, 0.2) is 0 Å². The fourth-order valence-electron chi connectivity index (χ4n) is 3.72. The number of hydrogen-bond donors (Lipinski definition) is 0. The third-order valence-corrected chi connectivity index (χ3v) is 4.69. The van der Waals surface area contributed by atoms with E-state index in [1.807, 2.05) is 6.07 Å². The molecule has 2 saturated heterocycles. The molecule has 2 aliphatic heterocycles. The first-order chi connectivity index (χ1) is 8.79. The second kappa shape index (κ2) is 4.85. The summed E-state index contributed by atoms with van der Waals surface area (Å²) >= 11 is 0. The first kappa shape index (κ1) is 11.9. The summed E-state index contributed by atoms with van der Waals surface area (Å²) in [7, 11) is 0. The zero-order chi connectivity index (χ0) is 12.5. The second-order valence-corrected chi connectivity index (χ2v) is 5.65. The topological polar surface area (TPSA) is 20.3 Å². The molecule has 2 fully saturated rings. The zero-order valence-corrected chi connectivity index (χ0v) is 11.0. The predicted molar refractivity (Wildman–Crippen MR) is 72.2 cm³/mol. The SMILES string of the molecule is CC[C@@H]1C[C@@H]2C(=O)CC[C@H]1N2Cc1ccccc1. The molecule has 0 aromatic heterocycles. The summed E-state index contributed by atoms with van der Waals surface area (Å²) in [6, 6.07) is 11.4. The molecule has 3 atom stereocenters. The van der Waals surface area contributed by atoms with E-state index in [2.05, 4.69) is 36.1 Å². The molecule has 1 aromatic carbocycles. The van der Waals surface area contributed by atoms with Gasteiger partial charge in [0.1, 0.15) is 5.78 Å². The lowest BCUT2D eigenvalue weighted by Gasteiger charge is -2.34. The van der Waals surface area contributed by atoms with Crippen molar-refractivity contribution in [2.24, 2.45) is 5.92 Å². The molecule has 0 aliphatic carbocycles. The van der Waals surface area contributed by atoms with Crippen LogP contribution in [0, 0.1) is 5.92 Å². The van der Waals surface area contributed by atoms with Crippen molar-refractivity contribution in [3.8, 4) is 0 Å². The molecule has 2 nitrogen and oxygen atoms in total. The van der Waals surface area contributed by atoms with Gasteiger partial charge in [0.05, 0.1) is 6.04 Å². The van der Waals surface area contributed by atoms with E-state index in [0.29, 0.717) is 11.8 Å². The molecular formula is C16H21NO. The third-order valence-electron chi connectivity index (χ3n) is 4.69. The zero-order valence-electron chi connectivity index (χ0n) is 11.0. The minimum absolute atomic E-state index is 0.203. The quantitative estimate of drug-likeness (QED) is 0.813. The van der Waals surface area contributed by atoms with Crippen LogP contribution in [0.4, 0.5) is 0 Å². The molecule has 2 aliphatic rings. The van der Waals surface area contributed by atoms with Crippen molar-refractivity contribution in [2.75, 3.05) is 0 Å². The van der Waals surface area contributed by atoms with Crippen LogP contribution in [-0.2, 0) is 11.3 Å². The van der Waals surface area contributed by atoms with E-state index in [-0.39, 0.29) is 6.04 Å². The highest BCUT2D eigenvalue weighted by Crippen LogP contribution is 2.40. The molecule has 2 heteroatoms. The van der Waals surface area contributed by atoms with Crippen LogP contribution < -0.4 is 0 Å². The average molecular weight is 243 g/mol. The lowest BCUT2D eigenvalue weighted by molar-refractivity contribution is -0.126.